The topological polar surface area (TPSA) is 68.0 Å². The van der Waals surface area contributed by atoms with Crippen molar-refractivity contribution in [2.75, 3.05) is 0 Å². The molecule has 0 aliphatic rings. The second-order valence-corrected chi connectivity index (χ2v) is 7.08. The Bertz CT molecular complexity index is 1040. The van der Waals surface area contributed by atoms with Crippen LogP contribution in [0.4, 0.5) is 22.4 Å². The fraction of sp³-hybridized carbons (Fsp3) is 0.143. The number of hydrogen-bond donors (Lipinski definition) is 2. The zero-order valence-corrected chi connectivity index (χ0v) is 16.1. The molecule has 3 N–H and O–H groups in total. The van der Waals surface area contributed by atoms with Gasteiger partial charge in [0, 0.05) is 12.6 Å². The number of nitrogens with one attached hydrogen (secondary N) is 1. The van der Waals surface area contributed by atoms with Gasteiger partial charge in [0.1, 0.15) is 11.4 Å². The van der Waals surface area contributed by atoms with Crippen molar-refractivity contribution < 1.29 is 22.4 Å². The Morgan fingerprint density at radius 3 is 2.27 bits per heavy atom. The van der Waals surface area contributed by atoms with Crippen molar-refractivity contribution in [1.29, 1.82) is 0 Å². The third kappa shape index (κ3) is 4.71. The molecule has 4 nitrogen and oxygen atoms in total. The number of carbonyl (C=O) groups excluding carboxylic acids is 1. The molecule has 2 amide bonds. The molecule has 0 fully saturated rings. The molecule has 0 saturated carbocycles. The van der Waals surface area contributed by atoms with E-state index >= 15 is 0 Å². The van der Waals surface area contributed by atoms with E-state index in [9.17, 15) is 22.4 Å². The lowest BCUT2D eigenvalue weighted by Gasteiger charge is -2.35. The summed E-state index contributed by atoms with van der Waals surface area (Å²) >= 11 is 5.90. The van der Waals surface area contributed by atoms with Crippen LogP contribution in [0.2, 0.25) is 5.02 Å². The van der Waals surface area contributed by atoms with E-state index in [1.807, 2.05) is 0 Å². The van der Waals surface area contributed by atoms with Crippen LogP contribution < -0.4 is 11.1 Å². The predicted octanol–water partition coefficient (Wildman–Crippen LogP) is 5.05. The zero-order valence-electron chi connectivity index (χ0n) is 15.4. The first kappa shape index (κ1) is 21.6. The van der Waals surface area contributed by atoms with Crippen LogP contribution in [0.1, 0.15) is 22.4 Å². The number of nitrogens with two attached hydrogens (primary N) is 1. The lowest BCUT2D eigenvalue weighted by Crippen LogP contribution is -2.51. The van der Waals surface area contributed by atoms with Crippen molar-refractivity contribution in [3.63, 3.8) is 0 Å². The van der Waals surface area contributed by atoms with E-state index in [0.717, 1.165) is 12.1 Å². The lowest BCUT2D eigenvalue weighted by atomic mass is 9.80. The summed E-state index contributed by atoms with van der Waals surface area (Å²) in [5.74, 6) is -1.11. The monoisotopic (exact) mass is 437 g/mol. The summed E-state index contributed by atoms with van der Waals surface area (Å²) in [6, 6.07) is 12.6. The number of alkyl halides is 3. The minimum absolute atomic E-state index is 0.0356. The fourth-order valence-electron chi connectivity index (χ4n) is 3.26. The molecule has 0 radical (unpaired) electrons. The van der Waals surface area contributed by atoms with Crippen molar-refractivity contribution in [2.45, 2.75) is 18.1 Å². The second kappa shape index (κ2) is 8.31. The van der Waals surface area contributed by atoms with Crippen LogP contribution in [0, 0.1) is 5.82 Å². The molecular weight excluding hydrogens is 422 g/mol. The Balaban J connectivity index is 2.31. The van der Waals surface area contributed by atoms with Crippen LogP contribution in [0.3, 0.4) is 0 Å². The van der Waals surface area contributed by atoms with Crippen LogP contribution in [-0.4, -0.2) is 11.0 Å². The van der Waals surface area contributed by atoms with E-state index in [1.165, 1.54) is 18.3 Å². The number of nitrogens with zero attached hydrogens (tertiary/aromatic N) is 1. The lowest BCUT2D eigenvalue weighted by molar-refractivity contribution is -0.137. The van der Waals surface area contributed by atoms with Gasteiger partial charge in [0.15, 0.2) is 0 Å². The van der Waals surface area contributed by atoms with Gasteiger partial charge in [-0.1, -0.05) is 41.9 Å². The summed E-state index contributed by atoms with van der Waals surface area (Å²) in [5.41, 5.74) is 3.14. The molecule has 30 heavy (non-hydrogen) atoms. The van der Waals surface area contributed by atoms with Crippen molar-refractivity contribution in [3.05, 3.63) is 100 Å². The molecule has 1 aromatic heterocycles. The van der Waals surface area contributed by atoms with E-state index in [4.69, 9.17) is 17.3 Å². The Morgan fingerprint density at radius 2 is 1.70 bits per heavy atom. The minimum Gasteiger partial charge on any atom is -0.352 e. The molecule has 9 heteroatoms. The van der Waals surface area contributed by atoms with Gasteiger partial charge in [0.2, 0.25) is 0 Å². The van der Waals surface area contributed by atoms with Crippen LogP contribution in [0.15, 0.2) is 66.9 Å². The van der Waals surface area contributed by atoms with Gasteiger partial charge in [-0.3, -0.25) is 4.98 Å². The Morgan fingerprint density at radius 1 is 1.03 bits per heavy atom. The Kier molecular flexibility index (Phi) is 5.98. The predicted molar refractivity (Wildman–Crippen MR) is 104 cm³/mol. The highest BCUT2D eigenvalue weighted by molar-refractivity contribution is 6.30. The summed E-state index contributed by atoms with van der Waals surface area (Å²) in [7, 11) is 0. The van der Waals surface area contributed by atoms with E-state index in [-0.39, 0.29) is 22.7 Å². The van der Waals surface area contributed by atoms with Gasteiger partial charge in [-0.2, -0.15) is 13.2 Å². The third-order valence-electron chi connectivity index (χ3n) is 4.53. The maximum absolute atomic E-state index is 14.3. The maximum Gasteiger partial charge on any atom is 0.416 e. The van der Waals surface area contributed by atoms with Gasteiger partial charge in [0.25, 0.3) is 0 Å². The number of carbonyl (C=O) groups is 1. The molecule has 0 aliphatic carbocycles. The standard InChI is InChI=1S/C21H16ClF4N3O/c22-16-6-7-18(28-12-16)20(29-19(27)30,11-13-4-2-1-3-5-13)14-8-15(21(24,25)26)10-17(23)9-14/h1-10,12H,11H2,(H3,27,29,30)/t20-/m0/s1. The Hall–Kier alpha value is -3.13. The summed E-state index contributed by atoms with van der Waals surface area (Å²) in [4.78, 5) is 16.1. The average molecular weight is 438 g/mol. The average Bonchev–Trinajstić information content (AvgIpc) is 2.67. The number of hydrogen-bond acceptors (Lipinski definition) is 2. The fourth-order valence-corrected chi connectivity index (χ4v) is 3.37. The molecule has 0 spiro atoms. The van der Waals surface area contributed by atoms with E-state index in [2.05, 4.69) is 10.3 Å². The van der Waals surface area contributed by atoms with Gasteiger partial charge in [-0.25, -0.2) is 9.18 Å². The highest BCUT2D eigenvalue weighted by Gasteiger charge is 2.40. The highest BCUT2D eigenvalue weighted by atomic mass is 35.5. The number of primary amides is 1. The molecule has 0 aliphatic heterocycles. The van der Waals surface area contributed by atoms with Gasteiger partial charge < -0.3 is 11.1 Å². The third-order valence-corrected chi connectivity index (χ3v) is 4.75. The molecule has 0 unspecified atom stereocenters. The van der Waals surface area contributed by atoms with Crippen LogP contribution in [0.25, 0.3) is 0 Å². The summed E-state index contributed by atoms with van der Waals surface area (Å²) in [6.07, 6.45) is -3.55. The number of rotatable bonds is 5. The molecule has 2 aromatic carbocycles. The van der Waals surface area contributed by atoms with Crippen LogP contribution >= 0.6 is 11.6 Å². The number of urea groups is 1. The first-order valence-corrected chi connectivity index (χ1v) is 9.10. The number of aromatic nitrogens is 1. The molecule has 3 rings (SSSR count). The second-order valence-electron chi connectivity index (χ2n) is 6.64. The van der Waals surface area contributed by atoms with Gasteiger partial charge in [0.05, 0.1) is 16.3 Å². The van der Waals surface area contributed by atoms with Gasteiger partial charge >= 0.3 is 12.2 Å². The molecule has 1 heterocycles. The van der Waals surface area contributed by atoms with E-state index < -0.39 is 29.1 Å². The van der Waals surface area contributed by atoms with E-state index in [0.29, 0.717) is 11.6 Å². The SMILES string of the molecule is NC(=O)N[C@@](Cc1ccccc1)(c1cc(F)cc(C(F)(F)F)c1)c1ccc(Cl)cn1. The smallest absolute Gasteiger partial charge is 0.352 e. The van der Waals surface area contributed by atoms with Crippen LogP contribution in [-0.2, 0) is 18.1 Å². The first-order valence-electron chi connectivity index (χ1n) is 8.72. The quantitative estimate of drug-likeness (QED) is 0.549. The molecular formula is C21H16ClF4N3O. The first-order chi connectivity index (χ1) is 14.1. The molecule has 156 valence electrons. The van der Waals surface area contributed by atoms with Crippen molar-refractivity contribution in [1.82, 2.24) is 10.3 Å². The molecule has 0 bridgehead atoms. The summed E-state index contributed by atoms with van der Waals surface area (Å²) < 4.78 is 54.4. The highest BCUT2D eigenvalue weighted by Crippen LogP contribution is 2.37. The number of benzene rings is 2. The van der Waals surface area contributed by atoms with Crippen LogP contribution in [0.5, 0.6) is 0 Å². The number of halogens is 5. The molecule has 3 aromatic rings. The maximum atomic E-state index is 14.3. The molecule has 1 atom stereocenters. The van der Waals surface area contributed by atoms with E-state index in [1.54, 1.807) is 30.3 Å². The van der Waals surface area contributed by atoms with Crippen molar-refractivity contribution in [2.24, 2.45) is 5.73 Å². The largest absolute Gasteiger partial charge is 0.416 e. The van der Waals surface area contributed by atoms with Crippen molar-refractivity contribution >= 4 is 17.6 Å². The zero-order chi connectivity index (χ0) is 21.9. The number of pyridine rings is 1. The normalized spacial score (nSPS) is 13.5. The number of amides is 2. The van der Waals surface area contributed by atoms with Crippen molar-refractivity contribution in [3.8, 4) is 0 Å². The minimum atomic E-state index is -4.80. The summed E-state index contributed by atoms with van der Waals surface area (Å²) in [6.45, 7) is 0. The molecule has 0 saturated heterocycles. The summed E-state index contributed by atoms with van der Waals surface area (Å²) in [5, 5.41) is 2.78. The van der Waals surface area contributed by atoms with Gasteiger partial charge in [-0.15, -0.1) is 0 Å². The van der Waals surface area contributed by atoms with Gasteiger partial charge in [-0.05, 0) is 41.5 Å². The Labute approximate surface area is 174 Å².